The number of piperazine rings is 1. The molecule has 0 atom stereocenters. The van der Waals surface area contributed by atoms with Crippen molar-refractivity contribution in [1.82, 2.24) is 10.3 Å². The minimum Gasteiger partial charge on any atom is -0.368 e. The molecule has 1 N–H and O–H groups in total. The van der Waals surface area contributed by atoms with Crippen molar-refractivity contribution in [3.05, 3.63) is 54.0 Å². The second-order valence-electron chi connectivity index (χ2n) is 7.00. The van der Waals surface area contributed by atoms with E-state index in [4.69, 9.17) is 0 Å². The molecule has 0 aliphatic carbocycles. The van der Waals surface area contributed by atoms with Gasteiger partial charge in [-0.2, -0.15) is 0 Å². The van der Waals surface area contributed by atoms with Gasteiger partial charge in [-0.05, 0) is 54.4 Å². The SMILES string of the molecule is CC(C)CNCc1ccnc(N2CCN(c3ccc(F)cc3)CC2)c1. The van der Waals surface area contributed by atoms with Crippen molar-refractivity contribution in [2.24, 2.45) is 5.92 Å². The lowest BCUT2D eigenvalue weighted by Gasteiger charge is -2.36. The first-order chi connectivity index (χ1) is 12.1. The molecule has 0 spiro atoms. The summed E-state index contributed by atoms with van der Waals surface area (Å²) in [5, 5.41) is 3.48. The van der Waals surface area contributed by atoms with Crippen LogP contribution in [0.2, 0.25) is 0 Å². The molecule has 134 valence electrons. The number of aromatic nitrogens is 1. The van der Waals surface area contributed by atoms with Gasteiger partial charge in [-0.1, -0.05) is 13.8 Å². The largest absolute Gasteiger partial charge is 0.368 e. The molecule has 1 saturated heterocycles. The van der Waals surface area contributed by atoms with E-state index in [0.29, 0.717) is 5.92 Å². The fraction of sp³-hybridized carbons (Fsp3) is 0.450. The maximum atomic E-state index is 13.1. The van der Waals surface area contributed by atoms with Gasteiger partial charge in [0.25, 0.3) is 0 Å². The Morgan fingerprint density at radius 2 is 1.72 bits per heavy atom. The van der Waals surface area contributed by atoms with Crippen molar-refractivity contribution in [2.75, 3.05) is 42.5 Å². The van der Waals surface area contributed by atoms with Gasteiger partial charge < -0.3 is 15.1 Å². The molecule has 1 aromatic carbocycles. The van der Waals surface area contributed by atoms with Crippen molar-refractivity contribution >= 4 is 11.5 Å². The van der Waals surface area contributed by atoms with Crippen LogP contribution in [0.4, 0.5) is 15.9 Å². The number of nitrogens with one attached hydrogen (secondary N) is 1. The summed E-state index contributed by atoms with van der Waals surface area (Å²) in [5.74, 6) is 1.51. The van der Waals surface area contributed by atoms with Gasteiger partial charge in [0.1, 0.15) is 11.6 Å². The minimum atomic E-state index is -0.186. The molecule has 0 bridgehead atoms. The van der Waals surface area contributed by atoms with E-state index in [0.717, 1.165) is 50.8 Å². The second kappa shape index (κ2) is 8.30. The van der Waals surface area contributed by atoms with E-state index in [1.807, 2.05) is 18.3 Å². The van der Waals surface area contributed by atoms with Crippen molar-refractivity contribution in [1.29, 1.82) is 0 Å². The van der Waals surface area contributed by atoms with Crippen molar-refractivity contribution in [3.63, 3.8) is 0 Å². The summed E-state index contributed by atoms with van der Waals surface area (Å²) < 4.78 is 13.1. The normalized spacial score (nSPS) is 15.0. The Kier molecular flexibility index (Phi) is 5.87. The highest BCUT2D eigenvalue weighted by Gasteiger charge is 2.18. The second-order valence-corrected chi connectivity index (χ2v) is 7.00. The van der Waals surface area contributed by atoms with Crippen LogP contribution in [0.3, 0.4) is 0 Å². The molecule has 4 nitrogen and oxygen atoms in total. The number of pyridine rings is 1. The molecule has 1 aliphatic heterocycles. The number of nitrogens with zero attached hydrogens (tertiary/aromatic N) is 3. The highest BCUT2D eigenvalue weighted by Crippen LogP contribution is 2.20. The van der Waals surface area contributed by atoms with Gasteiger partial charge in [-0.25, -0.2) is 9.37 Å². The predicted molar refractivity (Wildman–Crippen MR) is 102 cm³/mol. The Morgan fingerprint density at radius 3 is 2.40 bits per heavy atom. The van der Waals surface area contributed by atoms with E-state index in [1.165, 1.54) is 17.7 Å². The average molecular weight is 342 g/mol. The average Bonchev–Trinajstić information content (AvgIpc) is 2.62. The minimum absolute atomic E-state index is 0.186. The van der Waals surface area contributed by atoms with E-state index < -0.39 is 0 Å². The van der Waals surface area contributed by atoms with Crippen molar-refractivity contribution < 1.29 is 4.39 Å². The highest BCUT2D eigenvalue weighted by atomic mass is 19.1. The molecular formula is C20H27FN4. The molecule has 1 fully saturated rings. The van der Waals surface area contributed by atoms with Crippen LogP contribution in [-0.2, 0) is 6.54 Å². The van der Waals surface area contributed by atoms with Crippen LogP contribution in [0, 0.1) is 11.7 Å². The lowest BCUT2D eigenvalue weighted by atomic mass is 10.2. The first-order valence-electron chi connectivity index (χ1n) is 9.03. The lowest BCUT2D eigenvalue weighted by Crippen LogP contribution is -2.46. The fourth-order valence-corrected chi connectivity index (χ4v) is 3.09. The number of hydrogen-bond donors (Lipinski definition) is 1. The highest BCUT2D eigenvalue weighted by molar-refractivity contribution is 5.49. The van der Waals surface area contributed by atoms with Crippen LogP contribution in [0.1, 0.15) is 19.4 Å². The maximum absolute atomic E-state index is 13.1. The lowest BCUT2D eigenvalue weighted by molar-refractivity contribution is 0.552. The fourth-order valence-electron chi connectivity index (χ4n) is 3.09. The topological polar surface area (TPSA) is 31.4 Å². The number of rotatable bonds is 6. The summed E-state index contributed by atoms with van der Waals surface area (Å²) in [6.45, 7) is 10.0. The molecule has 0 radical (unpaired) electrons. The summed E-state index contributed by atoms with van der Waals surface area (Å²) in [4.78, 5) is 9.17. The number of anilines is 2. The maximum Gasteiger partial charge on any atom is 0.128 e. The molecule has 3 rings (SSSR count). The van der Waals surface area contributed by atoms with Crippen LogP contribution < -0.4 is 15.1 Å². The van der Waals surface area contributed by atoms with E-state index in [1.54, 1.807) is 0 Å². The van der Waals surface area contributed by atoms with E-state index in [2.05, 4.69) is 46.1 Å². The van der Waals surface area contributed by atoms with Crippen LogP contribution in [0.25, 0.3) is 0 Å². The Morgan fingerprint density at radius 1 is 1.04 bits per heavy atom. The third-order valence-corrected chi connectivity index (χ3v) is 4.49. The number of hydrogen-bond acceptors (Lipinski definition) is 4. The zero-order valence-electron chi connectivity index (χ0n) is 15.1. The summed E-state index contributed by atoms with van der Waals surface area (Å²) in [7, 11) is 0. The van der Waals surface area contributed by atoms with E-state index in [9.17, 15) is 4.39 Å². The quantitative estimate of drug-likeness (QED) is 0.873. The van der Waals surface area contributed by atoms with Gasteiger partial charge >= 0.3 is 0 Å². The first-order valence-corrected chi connectivity index (χ1v) is 9.03. The first kappa shape index (κ1) is 17.7. The molecule has 2 aromatic rings. The summed E-state index contributed by atoms with van der Waals surface area (Å²) >= 11 is 0. The Hall–Kier alpha value is -2.14. The zero-order chi connectivity index (χ0) is 17.6. The van der Waals surface area contributed by atoms with Gasteiger partial charge in [0, 0.05) is 44.6 Å². The van der Waals surface area contributed by atoms with Crippen LogP contribution >= 0.6 is 0 Å². The third kappa shape index (κ3) is 4.92. The van der Waals surface area contributed by atoms with Gasteiger partial charge in [-0.15, -0.1) is 0 Å². The Labute approximate surface area is 149 Å². The summed E-state index contributed by atoms with van der Waals surface area (Å²) in [6, 6.07) is 11.0. The predicted octanol–water partition coefficient (Wildman–Crippen LogP) is 3.29. The molecule has 1 aliphatic rings. The number of benzene rings is 1. The van der Waals surface area contributed by atoms with Crippen LogP contribution in [0.15, 0.2) is 42.6 Å². The van der Waals surface area contributed by atoms with Gasteiger partial charge in [0.2, 0.25) is 0 Å². The molecule has 0 amide bonds. The van der Waals surface area contributed by atoms with Crippen molar-refractivity contribution in [3.8, 4) is 0 Å². The monoisotopic (exact) mass is 342 g/mol. The van der Waals surface area contributed by atoms with Crippen LogP contribution in [-0.4, -0.2) is 37.7 Å². The zero-order valence-corrected chi connectivity index (χ0v) is 15.1. The molecule has 0 saturated carbocycles. The van der Waals surface area contributed by atoms with E-state index in [-0.39, 0.29) is 5.82 Å². The molecular weight excluding hydrogens is 315 g/mol. The molecule has 25 heavy (non-hydrogen) atoms. The Bertz CT molecular complexity index is 664. The number of halogens is 1. The molecule has 5 heteroatoms. The molecule has 1 aromatic heterocycles. The molecule has 2 heterocycles. The van der Waals surface area contributed by atoms with Crippen molar-refractivity contribution in [2.45, 2.75) is 20.4 Å². The Balaban J connectivity index is 1.56. The van der Waals surface area contributed by atoms with Gasteiger partial charge in [0.05, 0.1) is 0 Å². The summed E-state index contributed by atoms with van der Waals surface area (Å²) in [5.41, 5.74) is 2.35. The van der Waals surface area contributed by atoms with Crippen LogP contribution in [0.5, 0.6) is 0 Å². The van der Waals surface area contributed by atoms with Gasteiger partial charge in [-0.3, -0.25) is 0 Å². The smallest absolute Gasteiger partial charge is 0.128 e. The summed E-state index contributed by atoms with van der Waals surface area (Å²) in [6.07, 6.45) is 1.90. The van der Waals surface area contributed by atoms with Gasteiger partial charge in [0.15, 0.2) is 0 Å². The molecule has 0 unspecified atom stereocenters. The van der Waals surface area contributed by atoms with E-state index >= 15 is 0 Å². The third-order valence-electron chi connectivity index (χ3n) is 4.49. The standard InChI is InChI=1S/C20H27FN4/c1-16(2)14-22-15-17-7-8-23-20(13-17)25-11-9-24(10-12-25)19-5-3-18(21)4-6-19/h3-8,13,16,22H,9-12,14-15H2,1-2H3.